The van der Waals surface area contributed by atoms with E-state index in [1.54, 1.807) is 0 Å². The quantitative estimate of drug-likeness (QED) is 0.715. The fourth-order valence-electron chi connectivity index (χ4n) is 3.21. The molecule has 1 aliphatic rings. The number of hydrogen-bond acceptors (Lipinski definition) is 5. The maximum atomic E-state index is 12.1. The second-order valence-electron chi connectivity index (χ2n) is 6.96. The maximum Gasteiger partial charge on any atom is 0.265 e. The molecular weight excluding hydrogens is 356 g/mol. The molecule has 3 aromatic rings. The van der Waals surface area contributed by atoms with Crippen LogP contribution in [0.15, 0.2) is 53.9 Å². The number of carbonyl (C=O) groups is 1. The largest absolute Gasteiger partial charge is 0.355 e. The highest BCUT2D eigenvalue weighted by molar-refractivity contribution is 7.12. The summed E-state index contributed by atoms with van der Waals surface area (Å²) in [6.07, 6.45) is 2.42. The van der Waals surface area contributed by atoms with Gasteiger partial charge in [0.25, 0.3) is 5.91 Å². The molecule has 0 saturated carbocycles. The van der Waals surface area contributed by atoms with Gasteiger partial charge in [-0.15, -0.1) is 21.5 Å². The summed E-state index contributed by atoms with van der Waals surface area (Å²) in [5.41, 5.74) is 2.58. The van der Waals surface area contributed by atoms with Gasteiger partial charge in [0, 0.05) is 24.3 Å². The van der Waals surface area contributed by atoms with Crippen LogP contribution < -0.4 is 10.2 Å². The van der Waals surface area contributed by atoms with Crippen molar-refractivity contribution in [2.75, 3.05) is 23.3 Å². The third-order valence-electron chi connectivity index (χ3n) is 4.94. The number of nitrogens with zero attached hydrogens (tertiary/aromatic N) is 3. The summed E-state index contributed by atoms with van der Waals surface area (Å²) >= 11 is 1.43. The van der Waals surface area contributed by atoms with Gasteiger partial charge >= 0.3 is 0 Å². The van der Waals surface area contributed by atoms with Gasteiger partial charge in [-0.05, 0) is 54.5 Å². The first kappa shape index (κ1) is 17.7. The van der Waals surface area contributed by atoms with E-state index < -0.39 is 0 Å². The van der Waals surface area contributed by atoms with Crippen LogP contribution >= 0.6 is 11.3 Å². The molecule has 0 radical (unpaired) electrons. The van der Waals surface area contributed by atoms with Gasteiger partial charge in [-0.1, -0.05) is 25.1 Å². The van der Waals surface area contributed by atoms with Gasteiger partial charge in [0.2, 0.25) is 0 Å². The SMILES string of the molecule is CC1CCN(c2ccc(-c3ccc(NC(=O)c4cccs4)cc3)nn2)CC1. The minimum atomic E-state index is -0.0854. The van der Waals surface area contributed by atoms with Gasteiger partial charge in [-0.3, -0.25) is 4.79 Å². The number of aromatic nitrogens is 2. The standard InChI is InChI=1S/C21H22N4OS/c1-15-10-12-25(13-11-15)20-9-8-18(23-24-20)16-4-6-17(7-5-16)22-21(26)19-3-2-14-27-19/h2-9,14-15H,10-13H2,1H3,(H,22,26). The Labute approximate surface area is 163 Å². The molecule has 1 amide bonds. The first-order valence-electron chi connectivity index (χ1n) is 9.23. The van der Waals surface area contributed by atoms with Crippen LogP contribution in [-0.4, -0.2) is 29.2 Å². The number of carbonyl (C=O) groups excluding carboxylic acids is 1. The molecule has 1 N–H and O–H groups in total. The second kappa shape index (κ2) is 7.88. The summed E-state index contributed by atoms with van der Waals surface area (Å²) in [7, 11) is 0. The maximum absolute atomic E-state index is 12.1. The van der Waals surface area contributed by atoms with Gasteiger partial charge in [-0.2, -0.15) is 0 Å². The molecule has 5 nitrogen and oxygen atoms in total. The summed E-state index contributed by atoms with van der Waals surface area (Å²) in [6, 6.07) is 15.4. The van der Waals surface area contributed by atoms with E-state index in [-0.39, 0.29) is 5.91 Å². The normalized spacial score (nSPS) is 14.9. The summed E-state index contributed by atoms with van der Waals surface area (Å²) in [6.45, 7) is 4.40. The molecule has 0 spiro atoms. The predicted molar refractivity (Wildman–Crippen MR) is 110 cm³/mol. The van der Waals surface area contributed by atoms with E-state index in [2.05, 4.69) is 27.3 Å². The Morgan fingerprint density at radius 2 is 1.85 bits per heavy atom. The molecular formula is C21H22N4OS. The van der Waals surface area contributed by atoms with Gasteiger partial charge in [-0.25, -0.2) is 0 Å². The number of thiophene rings is 1. The zero-order valence-corrected chi connectivity index (χ0v) is 16.1. The molecule has 1 fully saturated rings. The average Bonchev–Trinajstić information content (AvgIpc) is 3.24. The number of amides is 1. The van der Waals surface area contributed by atoms with Crippen molar-refractivity contribution in [3.05, 3.63) is 58.8 Å². The summed E-state index contributed by atoms with van der Waals surface area (Å²) < 4.78 is 0. The van der Waals surface area contributed by atoms with Gasteiger partial charge in [0.15, 0.2) is 5.82 Å². The number of anilines is 2. The molecule has 3 heterocycles. The lowest BCUT2D eigenvalue weighted by Crippen LogP contribution is -2.33. The summed E-state index contributed by atoms with van der Waals surface area (Å²) in [5.74, 6) is 1.66. The number of benzene rings is 1. The van der Waals surface area contributed by atoms with Crippen molar-refractivity contribution in [3.8, 4) is 11.3 Å². The smallest absolute Gasteiger partial charge is 0.265 e. The molecule has 27 heavy (non-hydrogen) atoms. The Kier molecular flexibility index (Phi) is 5.16. The van der Waals surface area contributed by atoms with Crippen LogP contribution in [0, 0.1) is 5.92 Å². The number of nitrogens with one attached hydrogen (secondary N) is 1. The summed E-state index contributed by atoms with van der Waals surface area (Å²) in [4.78, 5) is 15.1. The fourth-order valence-corrected chi connectivity index (χ4v) is 3.83. The Bertz CT molecular complexity index is 883. The third kappa shape index (κ3) is 4.17. The highest BCUT2D eigenvalue weighted by Gasteiger charge is 2.17. The molecule has 0 aliphatic carbocycles. The van der Waals surface area contributed by atoms with E-state index in [0.717, 1.165) is 41.8 Å². The Hall–Kier alpha value is -2.73. The molecule has 1 aliphatic heterocycles. The lowest BCUT2D eigenvalue weighted by Gasteiger charge is -2.30. The molecule has 138 valence electrons. The second-order valence-corrected chi connectivity index (χ2v) is 7.90. The molecule has 2 aromatic heterocycles. The average molecular weight is 379 g/mol. The topological polar surface area (TPSA) is 58.1 Å². The predicted octanol–water partition coefficient (Wildman–Crippen LogP) is 4.69. The monoisotopic (exact) mass is 378 g/mol. The third-order valence-corrected chi connectivity index (χ3v) is 5.81. The first-order chi connectivity index (χ1) is 13.2. The van der Waals surface area contributed by atoms with Crippen LogP contribution in [0.3, 0.4) is 0 Å². The van der Waals surface area contributed by atoms with Crippen molar-refractivity contribution >= 4 is 28.7 Å². The Morgan fingerprint density at radius 1 is 1.07 bits per heavy atom. The molecule has 4 rings (SSSR count). The molecule has 1 saturated heterocycles. The van der Waals surface area contributed by atoms with E-state index in [0.29, 0.717) is 4.88 Å². The lowest BCUT2D eigenvalue weighted by atomic mass is 9.99. The van der Waals surface area contributed by atoms with Crippen molar-refractivity contribution in [1.29, 1.82) is 0 Å². The van der Waals surface area contributed by atoms with E-state index in [1.807, 2.05) is 53.9 Å². The molecule has 6 heteroatoms. The number of rotatable bonds is 4. The van der Waals surface area contributed by atoms with Crippen LogP contribution in [0.5, 0.6) is 0 Å². The van der Waals surface area contributed by atoms with Gasteiger partial charge in [0.05, 0.1) is 10.6 Å². The Morgan fingerprint density at radius 3 is 2.48 bits per heavy atom. The minimum absolute atomic E-state index is 0.0854. The van der Waals surface area contributed by atoms with Crippen LogP contribution in [-0.2, 0) is 0 Å². The van der Waals surface area contributed by atoms with E-state index in [4.69, 9.17) is 0 Å². The zero-order valence-electron chi connectivity index (χ0n) is 15.3. The molecule has 0 atom stereocenters. The lowest BCUT2D eigenvalue weighted by molar-refractivity contribution is 0.103. The van der Waals surface area contributed by atoms with Crippen molar-refractivity contribution in [1.82, 2.24) is 10.2 Å². The van der Waals surface area contributed by atoms with Crippen molar-refractivity contribution in [3.63, 3.8) is 0 Å². The Balaban J connectivity index is 1.42. The number of piperidine rings is 1. The van der Waals surface area contributed by atoms with Crippen LogP contribution in [0.2, 0.25) is 0 Å². The van der Waals surface area contributed by atoms with Gasteiger partial charge < -0.3 is 10.2 Å². The van der Waals surface area contributed by atoms with Crippen LogP contribution in [0.1, 0.15) is 29.4 Å². The van der Waals surface area contributed by atoms with Crippen molar-refractivity contribution < 1.29 is 4.79 Å². The van der Waals surface area contributed by atoms with E-state index in [1.165, 1.54) is 24.2 Å². The van der Waals surface area contributed by atoms with Crippen molar-refractivity contribution in [2.45, 2.75) is 19.8 Å². The molecule has 1 aromatic carbocycles. The molecule has 0 unspecified atom stereocenters. The fraction of sp³-hybridized carbons (Fsp3) is 0.286. The zero-order chi connectivity index (χ0) is 18.6. The first-order valence-corrected chi connectivity index (χ1v) is 10.1. The number of hydrogen-bond donors (Lipinski definition) is 1. The van der Waals surface area contributed by atoms with Crippen molar-refractivity contribution in [2.24, 2.45) is 5.92 Å². The molecule has 0 bridgehead atoms. The minimum Gasteiger partial charge on any atom is -0.355 e. The van der Waals surface area contributed by atoms with Gasteiger partial charge in [0.1, 0.15) is 0 Å². The van der Waals surface area contributed by atoms with Crippen LogP contribution in [0.4, 0.5) is 11.5 Å². The van der Waals surface area contributed by atoms with Crippen LogP contribution in [0.25, 0.3) is 11.3 Å². The van der Waals surface area contributed by atoms with E-state index in [9.17, 15) is 4.79 Å². The van der Waals surface area contributed by atoms with E-state index >= 15 is 0 Å². The highest BCUT2D eigenvalue weighted by Crippen LogP contribution is 2.24. The summed E-state index contributed by atoms with van der Waals surface area (Å²) in [5, 5.41) is 13.6. The highest BCUT2D eigenvalue weighted by atomic mass is 32.1.